The lowest BCUT2D eigenvalue weighted by atomic mass is 10.1. The summed E-state index contributed by atoms with van der Waals surface area (Å²) in [5.74, 6) is 1.86. The van der Waals surface area contributed by atoms with Crippen LogP contribution in [-0.4, -0.2) is 36.1 Å². The lowest BCUT2D eigenvalue weighted by Gasteiger charge is -2.35. The summed E-state index contributed by atoms with van der Waals surface area (Å²) in [6.45, 7) is 7.83. The third kappa shape index (κ3) is 3.97. The molecule has 2 heterocycles. The highest BCUT2D eigenvalue weighted by Crippen LogP contribution is 2.17. The first-order valence-corrected chi connectivity index (χ1v) is 8.35. The van der Waals surface area contributed by atoms with E-state index in [-0.39, 0.29) is 18.1 Å². The average molecular weight is 328 g/mol. The molecule has 2 aromatic rings. The Morgan fingerprint density at radius 1 is 1.12 bits per heavy atom. The fourth-order valence-electron chi connectivity index (χ4n) is 3.03. The number of furan rings is 1. The lowest BCUT2D eigenvalue weighted by Crippen LogP contribution is -2.48. The summed E-state index contributed by atoms with van der Waals surface area (Å²) in [6, 6.07) is 11.5. The summed E-state index contributed by atoms with van der Waals surface area (Å²) in [4.78, 5) is 14.5. The molecule has 1 N–H and O–H groups in total. The van der Waals surface area contributed by atoms with Crippen LogP contribution in [0.2, 0.25) is 0 Å². The van der Waals surface area contributed by atoms with Crippen molar-refractivity contribution in [2.24, 2.45) is 0 Å². The SMILES string of the molecule is Cc1ccc(CNc2ccc(C(=O)N3CC(C)OC(C)C3)cc2)o1. The average Bonchev–Trinajstić information content (AvgIpc) is 2.97. The highest BCUT2D eigenvalue weighted by atomic mass is 16.5. The maximum Gasteiger partial charge on any atom is 0.254 e. The maximum absolute atomic E-state index is 12.6. The molecule has 0 spiro atoms. The van der Waals surface area contributed by atoms with Crippen LogP contribution in [0.1, 0.15) is 35.7 Å². The van der Waals surface area contributed by atoms with Gasteiger partial charge in [0.05, 0.1) is 18.8 Å². The molecular formula is C19H24N2O3. The molecule has 3 rings (SSSR count). The highest BCUT2D eigenvalue weighted by Gasteiger charge is 2.26. The lowest BCUT2D eigenvalue weighted by molar-refractivity contribution is -0.0586. The van der Waals surface area contributed by atoms with E-state index >= 15 is 0 Å². The zero-order valence-electron chi connectivity index (χ0n) is 14.4. The maximum atomic E-state index is 12.6. The summed E-state index contributed by atoms with van der Waals surface area (Å²) >= 11 is 0. The van der Waals surface area contributed by atoms with Gasteiger partial charge in [0.1, 0.15) is 11.5 Å². The van der Waals surface area contributed by atoms with E-state index in [4.69, 9.17) is 9.15 Å². The molecule has 1 aliphatic rings. The van der Waals surface area contributed by atoms with Crippen LogP contribution in [0.5, 0.6) is 0 Å². The molecule has 1 saturated heterocycles. The van der Waals surface area contributed by atoms with Crippen LogP contribution in [-0.2, 0) is 11.3 Å². The van der Waals surface area contributed by atoms with Gasteiger partial charge >= 0.3 is 0 Å². The quantitative estimate of drug-likeness (QED) is 0.934. The van der Waals surface area contributed by atoms with Crippen LogP contribution in [0, 0.1) is 6.92 Å². The van der Waals surface area contributed by atoms with E-state index in [1.807, 2.05) is 62.1 Å². The Morgan fingerprint density at radius 2 is 1.79 bits per heavy atom. The van der Waals surface area contributed by atoms with Gasteiger partial charge in [-0.2, -0.15) is 0 Å². The molecule has 0 bridgehead atoms. The van der Waals surface area contributed by atoms with Crippen molar-refractivity contribution >= 4 is 11.6 Å². The van der Waals surface area contributed by atoms with Crippen LogP contribution in [0.4, 0.5) is 5.69 Å². The second-order valence-electron chi connectivity index (χ2n) is 6.41. The van der Waals surface area contributed by atoms with Crippen LogP contribution in [0.15, 0.2) is 40.8 Å². The monoisotopic (exact) mass is 328 g/mol. The number of benzene rings is 1. The number of morpholine rings is 1. The van der Waals surface area contributed by atoms with Gasteiger partial charge in [-0.3, -0.25) is 4.79 Å². The fourth-order valence-corrected chi connectivity index (χ4v) is 3.03. The molecular weight excluding hydrogens is 304 g/mol. The molecule has 1 amide bonds. The van der Waals surface area contributed by atoms with Gasteiger partial charge in [-0.25, -0.2) is 0 Å². The number of carbonyl (C=O) groups excluding carboxylic acids is 1. The molecule has 1 fully saturated rings. The summed E-state index contributed by atoms with van der Waals surface area (Å²) in [5, 5.41) is 3.30. The van der Waals surface area contributed by atoms with Crippen molar-refractivity contribution in [2.75, 3.05) is 18.4 Å². The standard InChI is InChI=1S/C19H24N2O3/c1-13-4-9-18(24-13)10-20-17-7-5-16(6-8-17)19(22)21-11-14(2)23-15(3)12-21/h4-9,14-15,20H,10-12H2,1-3H3. The van der Waals surface area contributed by atoms with Crippen LogP contribution in [0.3, 0.4) is 0 Å². The fraction of sp³-hybridized carbons (Fsp3) is 0.421. The number of aryl methyl sites for hydroxylation is 1. The summed E-state index contributed by atoms with van der Waals surface area (Å²) < 4.78 is 11.2. The summed E-state index contributed by atoms with van der Waals surface area (Å²) in [7, 11) is 0. The van der Waals surface area contributed by atoms with Crippen molar-refractivity contribution in [2.45, 2.75) is 39.5 Å². The number of nitrogens with zero attached hydrogens (tertiary/aromatic N) is 1. The van der Waals surface area contributed by atoms with E-state index in [2.05, 4.69) is 5.32 Å². The molecule has 0 radical (unpaired) electrons. The van der Waals surface area contributed by atoms with E-state index in [1.165, 1.54) is 0 Å². The van der Waals surface area contributed by atoms with Crippen molar-refractivity contribution in [1.82, 2.24) is 4.90 Å². The van der Waals surface area contributed by atoms with Gasteiger partial charge in [0.15, 0.2) is 0 Å². The Bertz CT molecular complexity index is 683. The van der Waals surface area contributed by atoms with Crippen molar-refractivity contribution in [3.8, 4) is 0 Å². The van der Waals surface area contributed by atoms with E-state index in [0.29, 0.717) is 25.2 Å². The van der Waals surface area contributed by atoms with Gasteiger partial charge in [-0.15, -0.1) is 0 Å². The Hall–Kier alpha value is -2.27. The smallest absolute Gasteiger partial charge is 0.254 e. The van der Waals surface area contributed by atoms with Crippen molar-refractivity contribution in [1.29, 1.82) is 0 Å². The molecule has 1 aliphatic heterocycles. The first-order valence-electron chi connectivity index (χ1n) is 8.35. The Balaban J connectivity index is 1.60. The minimum atomic E-state index is 0.0604. The third-order valence-electron chi connectivity index (χ3n) is 4.10. The number of carbonyl (C=O) groups is 1. The zero-order valence-corrected chi connectivity index (χ0v) is 14.4. The Labute approximate surface area is 142 Å². The molecule has 1 aromatic carbocycles. The van der Waals surface area contributed by atoms with E-state index in [9.17, 15) is 4.79 Å². The highest BCUT2D eigenvalue weighted by molar-refractivity contribution is 5.94. The second-order valence-corrected chi connectivity index (χ2v) is 6.41. The predicted octanol–water partition coefficient (Wildman–Crippen LogP) is 3.45. The topological polar surface area (TPSA) is 54.7 Å². The van der Waals surface area contributed by atoms with Crippen molar-refractivity contribution < 1.29 is 13.9 Å². The first kappa shape index (κ1) is 16.6. The molecule has 2 unspecified atom stereocenters. The van der Waals surface area contributed by atoms with Gasteiger partial charge in [0.25, 0.3) is 5.91 Å². The van der Waals surface area contributed by atoms with E-state index in [0.717, 1.165) is 17.2 Å². The zero-order chi connectivity index (χ0) is 17.1. The number of nitrogens with one attached hydrogen (secondary N) is 1. The minimum Gasteiger partial charge on any atom is -0.465 e. The van der Waals surface area contributed by atoms with Crippen LogP contribution in [0.25, 0.3) is 0 Å². The Morgan fingerprint density at radius 3 is 2.38 bits per heavy atom. The van der Waals surface area contributed by atoms with Gasteiger partial charge in [-0.05, 0) is 57.2 Å². The molecule has 5 heteroatoms. The second kappa shape index (κ2) is 7.09. The number of ether oxygens (including phenoxy) is 1. The van der Waals surface area contributed by atoms with E-state index < -0.39 is 0 Å². The number of hydrogen-bond acceptors (Lipinski definition) is 4. The Kier molecular flexibility index (Phi) is 4.90. The first-order chi connectivity index (χ1) is 11.5. The molecule has 24 heavy (non-hydrogen) atoms. The van der Waals surface area contributed by atoms with Gasteiger partial charge in [0, 0.05) is 24.3 Å². The molecule has 0 saturated carbocycles. The van der Waals surface area contributed by atoms with Gasteiger partial charge in [0.2, 0.25) is 0 Å². The minimum absolute atomic E-state index is 0.0604. The van der Waals surface area contributed by atoms with Crippen LogP contribution < -0.4 is 5.32 Å². The number of amides is 1. The summed E-state index contributed by atoms with van der Waals surface area (Å²) in [5.41, 5.74) is 1.67. The van der Waals surface area contributed by atoms with Gasteiger partial charge < -0.3 is 19.4 Å². The van der Waals surface area contributed by atoms with Crippen molar-refractivity contribution in [3.05, 3.63) is 53.5 Å². The van der Waals surface area contributed by atoms with Gasteiger partial charge in [-0.1, -0.05) is 0 Å². The number of rotatable bonds is 4. The number of hydrogen-bond donors (Lipinski definition) is 1. The molecule has 5 nitrogen and oxygen atoms in total. The predicted molar refractivity (Wildman–Crippen MR) is 93.1 cm³/mol. The third-order valence-corrected chi connectivity index (χ3v) is 4.10. The van der Waals surface area contributed by atoms with Crippen LogP contribution >= 0.6 is 0 Å². The normalized spacial score (nSPS) is 20.9. The van der Waals surface area contributed by atoms with E-state index in [1.54, 1.807) is 0 Å². The summed E-state index contributed by atoms with van der Waals surface area (Å²) in [6.07, 6.45) is 0.158. The molecule has 1 aromatic heterocycles. The molecule has 0 aliphatic carbocycles. The van der Waals surface area contributed by atoms with Crippen molar-refractivity contribution in [3.63, 3.8) is 0 Å². The molecule has 2 atom stereocenters. The largest absolute Gasteiger partial charge is 0.465 e. The molecule has 128 valence electrons. The number of anilines is 1.